The molecule has 1 N–H and O–H groups in total. The van der Waals surface area contributed by atoms with Gasteiger partial charge in [-0.15, -0.1) is 11.3 Å². The summed E-state index contributed by atoms with van der Waals surface area (Å²) in [7, 11) is 2.13. The lowest BCUT2D eigenvalue weighted by molar-refractivity contribution is 0.551. The maximum Gasteiger partial charge on any atom is 0.0520 e. The molecule has 0 saturated heterocycles. The molecule has 0 amide bonds. The molecular formula is C16H22BrN3S. The number of pyridine rings is 1. The lowest BCUT2D eigenvalue weighted by atomic mass is 10.2. The molecule has 2 heterocycles. The molecule has 0 radical (unpaired) electrons. The fraction of sp³-hybridized carbons (Fsp3) is 0.438. The molecule has 0 aliphatic heterocycles. The number of hydrogen-bond donors (Lipinski definition) is 1. The van der Waals surface area contributed by atoms with Crippen LogP contribution in [0, 0.1) is 5.92 Å². The van der Waals surface area contributed by atoms with E-state index in [1.165, 1.54) is 16.1 Å². The first-order valence-electron chi connectivity index (χ1n) is 7.14. The molecule has 0 atom stereocenters. The summed E-state index contributed by atoms with van der Waals surface area (Å²) in [6, 6.07) is 4.27. The molecule has 2 aromatic rings. The summed E-state index contributed by atoms with van der Waals surface area (Å²) in [5, 5.41) is 5.62. The predicted molar refractivity (Wildman–Crippen MR) is 94.9 cm³/mol. The van der Waals surface area contributed by atoms with Gasteiger partial charge in [-0.05, 0) is 40.5 Å². The summed E-state index contributed by atoms with van der Waals surface area (Å²) in [5.41, 5.74) is 2.49. The molecule has 0 saturated carbocycles. The highest BCUT2D eigenvalue weighted by Gasteiger charge is 2.09. The van der Waals surface area contributed by atoms with Gasteiger partial charge in [0.1, 0.15) is 0 Å². The van der Waals surface area contributed by atoms with Crippen molar-refractivity contribution in [3.8, 4) is 0 Å². The van der Waals surface area contributed by atoms with Crippen LogP contribution in [0.4, 0.5) is 5.69 Å². The summed E-state index contributed by atoms with van der Waals surface area (Å²) in [5.74, 6) is 0.659. The number of halogens is 1. The largest absolute Gasteiger partial charge is 0.369 e. The Bertz CT molecular complexity index is 568. The third kappa shape index (κ3) is 5.09. The van der Waals surface area contributed by atoms with Crippen LogP contribution in [0.2, 0.25) is 0 Å². The fourth-order valence-corrected chi connectivity index (χ4v) is 3.68. The van der Waals surface area contributed by atoms with E-state index in [9.17, 15) is 0 Å². The molecular weight excluding hydrogens is 346 g/mol. The Labute approximate surface area is 139 Å². The van der Waals surface area contributed by atoms with Crippen LogP contribution in [0.5, 0.6) is 0 Å². The lowest BCUT2D eigenvalue weighted by Gasteiger charge is -2.22. The molecule has 0 aliphatic carbocycles. The van der Waals surface area contributed by atoms with Gasteiger partial charge < -0.3 is 10.2 Å². The Hall–Kier alpha value is -0.910. The van der Waals surface area contributed by atoms with Crippen molar-refractivity contribution in [2.45, 2.75) is 26.9 Å². The maximum absolute atomic E-state index is 4.27. The van der Waals surface area contributed by atoms with E-state index >= 15 is 0 Å². The molecule has 0 spiro atoms. The second-order valence-electron chi connectivity index (χ2n) is 5.62. The van der Waals surface area contributed by atoms with Crippen LogP contribution in [0.1, 0.15) is 24.3 Å². The highest BCUT2D eigenvalue weighted by Crippen LogP contribution is 2.24. The Morgan fingerprint density at radius 2 is 2.24 bits per heavy atom. The van der Waals surface area contributed by atoms with Gasteiger partial charge in [-0.1, -0.05) is 13.8 Å². The minimum atomic E-state index is 0.659. The van der Waals surface area contributed by atoms with Gasteiger partial charge in [0.2, 0.25) is 0 Å². The van der Waals surface area contributed by atoms with Crippen LogP contribution in [-0.2, 0) is 13.1 Å². The zero-order chi connectivity index (χ0) is 15.2. The lowest BCUT2D eigenvalue weighted by Crippen LogP contribution is -2.22. The van der Waals surface area contributed by atoms with Crippen molar-refractivity contribution in [2.75, 3.05) is 18.5 Å². The summed E-state index contributed by atoms with van der Waals surface area (Å²) >= 11 is 5.29. The molecule has 2 aromatic heterocycles. The third-order valence-electron chi connectivity index (χ3n) is 3.17. The van der Waals surface area contributed by atoms with E-state index in [-0.39, 0.29) is 0 Å². The fourth-order valence-electron chi connectivity index (χ4n) is 2.18. The van der Waals surface area contributed by atoms with Crippen LogP contribution in [0.25, 0.3) is 0 Å². The Morgan fingerprint density at radius 3 is 2.90 bits per heavy atom. The van der Waals surface area contributed by atoms with Crippen LogP contribution in [0.15, 0.2) is 34.4 Å². The summed E-state index contributed by atoms with van der Waals surface area (Å²) in [6.07, 6.45) is 3.83. The summed E-state index contributed by atoms with van der Waals surface area (Å²) < 4.78 is 1.16. The number of hydrogen-bond acceptors (Lipinski definition) is 4. The molecule has 21 heavy (non-hydrogen) atoms. The maximum atomic E-state index is 4.27. The average Bonchev–Trinajstić information content (AvgIpc) is 2.84. The first-order valence-corrected chi connectivity index (χ1v) is 8.81. The van der Waals surface area contributed by atoms with Crippen molar-refractivity contribution < 1.29 is 0 Å². The Kier molecular flexibility index (Phi) is 6.21. The first kappa shape index (κ1) is 16.5. The van der Waals surface area contributed by atoms with Gasteiger partial charge in [0, 0.05) is 52.0 Å². The highest BCUT2D eigenvalue weighted by atomic mass is 79.9. The molecule has 2 rings (SSSR count). The minimum absolute atomic E-state index is 0.659. The molecule has 3 nitrogen and oxygen atoms in total. The van der Waals surface area contributed by atoms with Gasteiger partial charge in [-0.3, -0.25) is 4.98 Å². The van der Waals surface area contributed by atoms with Gasteiger partial charge >= 0.3 is 0 Å². The van der Waals surface area contributed by atoms with E-state index in [0.717, 1.165) is 24.1 Å². The quantitative estimate of drug-likeness (QED) is 0.790. The number of nitrogens with zero attached hydrogens (tertiary/aromatic N) is 2. The SMILES string of the molecule is CC(C)CNCc1cnccc1N(C)Cc1cc(Br)cs1. The smallest absolute Gasteiger partial charge is 0.0520 e. The van der Waals surface area contributed by atoms with Crippen LogP contribution in [0.3, 0.4) is 0 Å². The molecule has 5 heteroatoms. The van der Waals surface area contributed by atoms with Crippen molar-refractivity contribution in [2.24, 2.45) is 5.92 Å². The number of thiophene rings is 1. The van der Waals surface area contributed by atoms with Crippen molar-refractivity contribution in [1.29, 1.82) is 0 Å². The van der Waals surface area contributed by atoms with Crippen molar-refractivity contribution in [3.63, 3.8) is 0 Å². The first-order chi connectivity index (χ1) is 10.1. The number of aromatic nitrogens is 1. The molecule has 0 bridgehead atoms. The van der Waals surface area contributed by atoms with Crippen molar-refractivity contribution in [1.82, 2.24) is 10.3 Å². The van der Waals surface area contributed by atoms with Crippen LogP contribution < -0.4 is 10.2 Å². The number of anilines is 1. The predicted octanol–water partition coefficient (Wildman–Crippen LogP) is 4.29. The standard InChI is InChI=1S/C16H22BrN3S/c1-12(2)7-19-9-13-8-18-5-4-16(13)20(3)10-15-6-14(17)11-21-15/h4-6,8,11-12,19H,7,9-10H2,1-3H3. The number of rotatable bonds is 7. The highest BCUT2D eigenvalue weighted by molar-refractivity contribution is 9.10. The summed E-state index contributed by atoms with van der Waals surface area (Å²) in [6.45, 7) is 7.24. The van der Waals surface area contributed by atoms with Gasteiger partial charge in [0.05, 0.1) is 6.54 Å². The van der Waals surface area contributed by atoms with Gasteiger partial charge in [0.25, 0.3) is 0 Å². The van der Waals surface area contributed by atoms with Crippen LogP contribution in [-0.4, -0.2) is 18.6 Å². The molecule has 114 valence electrons. The number of nitrogens with one attached hydrogen (secondary N) is 1. The van der Waals surface area contributed by atoms with E-state index in [4.69, 9.17) is 0 Å². The Morgan fingerprint density at radius 1 is 1.43 bits per heavy atom. The van der Waals surface area contributed by atoms with Crippen LogP contribution >= 0.6 is 27.3 Å². The summed E-state index contributed by atoms with van der Waals surface area (Å²) in [4.78, 5) is 7.90. The molecule has 0 aromatic carbocycles. The zero-order valence-electron chi connectivity index (χ0n) is 12.8. The van der Waals surface area contributed by atoms with Gasteiger partial charge in [-0.25, -0.2) is 0 Å². The second kappa shape index (κ2) is 7.92. The Balaban J connectivity index is 2.04. The minimum Gasteiger partial charge on any atom is -0.369 e. The van der Waals surface area contributed by atoms with Crippen molar-refractivity contribution in [3.05, 3.63) is 44.8 Å². The van der Waals surface area contributed by atoms with Gasteiger partial charge in [0.15, 0.2) is 0 Å². The zero-order valence-corrected chi connectivity index (χ0v) is 15.2. The second-order valence-corrected chi connectivity index (χ2v) is 7.53. The third-order valence-corrected chi connectivity index (χ3v) is 4.85. The van der Waals surface area contributed by atoms with E-state index < -0.39 is 0 Å². The van der Waals surface area contributed by atoms with E-state index in [2.05, 4.69) is 69.5 Å². The molecule has 0 aliphatic rings. The van der Waals surface area contributed by atoms with Gasteiger partial charge in [-0.2, -0.15) is 0 Å². The average molecular weight is 368 g/mol. The molecule has 0 unspecified atom stereocenters. The topological polar surface area (TPSA) is 28.2 Å². The molecule has 0 fully saturated rings. The monoisotopic (exact) mass is 367 g/mol. The van der Waals surface area contributed by atoms with Crippen molar-refractivity contribution >= 4 is 33.0 Å². The van der Waals surface area contributed by atoms with E-state index in [0.29, 0.717) is 5.92 Å². The normalized spacial score (nSPS) is 11.1. The van der Waals surface area contributed by atoms with E-state index in [1.54, 1.807) is 11.3 Å². The van der Waals surface area contributed by atoms with E-state index in [1.807, 2.05) is 12.4 Å².